The molecule has 1 fully saturated rings. The number of hydrogen-bond donors (Lipinski definition) is 4. The lowest BCUT2D eigenvalue weighted by molar-refractivity contribution is -0.144. The quantitative estimate of drug-likeness (QED) is 0.379. The van der Waals surface area contributed by atoms with Crippen molar-refractivity contribution in [1.29, 1.82) is 0 Å². The van der Waals surface area contributed by atoms with E-state index in [1.54, 1.807) is 7.11 Å². The Kier molecular flexibility index (Phi) is 8.52. The van der Waals surface area contributed by atoms with Crippen LogP contribution in [-0.2, 0) is 22.6 Å². The summed E-state index contributed by atoms with van der Waals surface area (Å²) in [5.74, 6) is 0.613. The second-order valence-corrected chi connectivity index (χ2v) is 12.6. The summed E-state index contributed by atoms with van der Waals surface area (Å²) in [4.78, 5) is 31.4. The number of thioether (sulfide) groups is 1. The van der Waals surface area contributed by atoms with Crippen LogP contribution in [0.1, 0.15) is 55.2 Å². The van der Waals surface area contributed by atoms with Crippen molar-refractivity contribution < 1.29 is 24.5 Å². The number of hydrogen-bond acceptors (Lipinski definition) is 8. The minimum atomic E-state index is -0.691. The average Bonchev–Trinajstić information content (AvgIpc) is 3.28. The van der Waals surface area contributed by atoms with Gasteiger partial charge in [0.2, 0.25) is 11.8 Å². The molecule has 0 spiro atoms. The lowest BCUT2D eigenvalue weighted by Gasteiger charge is -2.58. The van der Waals surface area contributed by atoms with Crippen molar-refractivity contribution in [3.8, 4) is 5.75 Å². The number of anilines is 1. The van der Waals surface area contributed by atoms with Crippen molar-refractivity contribution in [3.05, 3.63) is 40.4 Å². The molecule has 1 aromatic heterocycles. The second kappa shape index (κ2) is 11.3. The zero-order valence-electron chi connectivity index (χ0n) is 21.9. The summed E-state index contributed by atoms with van der Waals surface area (Å²) in [6.07, 6.45) is 3.42. The summed E-state index contributed by atoms with van der Waals surface area (Å²) in [5.41, 5.74) is 0.712. The van der Waals surface area contributed by atoms with Crippen LogP contribution in [0.2, 0.25) is 0 Å². The third-order valence-corrected chi connectivity index (χ3v) is 10.0. The highest BCUT2D eigenvalue weighted by Gasteiger charge is 2.59. The molecule has 2 aliphatic rings. The smallest absolute Gasteiger partial charge is 0.236 e. The molecule has 1 saturated carbocycles. The number of thiazole rings is 1. The van der Waals surface area contributed by atoms with Gasteiger partial charge >= 0.3 is 0 Å². The number of nitrogens with zero attached hydrogens (tertiary/aromatic N) is 1. The summed E-state index contributed by atoms with van der Waals surface area (Å²) in [5, 5.41) is 27.8. The number of aromatic nitrogens is 1. The van der Waals surface area contributed by atoms with E-state index in [-0.39, 0.29) is 42.1 Å². The van der Waals surface area contributed by atoms with E-state index in [1.807, 2.05) is 37.4 Å². The van der Waals surface area contributed by atoms with Crippen LogP contribution in [0.25, 0.3) is 0 Å². The maximum atomic E-state index is 13.3. The number of para-hydroxylation sites is 1. The molecule has 4 rings (SSSR count). The van der Waals surface area contributed by atoms with Crippen molar-refractivity contribution >= 4 is 40.0 Å². The van der Waals surface area contributed by atoms with Gasteiger partial charge in [0.05, 0.1) is 31.3 Å². The number of nitrogens with one attached hydrogen (secondary N) is 2. The molecule has 37 heavy (non-hydrogen) atoms. The fourth-order valence-electron chi connectivity index (χ4n) is 6.29. The van der Waals surface area contributed by atoms with Gasteiger partial charge in [-0.05, 0) is 42.9 Å². The molecule has 10 heteroatoms. The average molecular weight is 548 g/mol. The van der Waals surface area contributed by atoms with Gasteiger partial charge < -0.3 is 25.6 Å². The molecule has 0 aliphatic heterocycles. The van der Waals surface area contributed by atoms with Gasteiger partial charge in [0, 0.05) is 34.7 Å². The molecule has 4 N–H and O–H groups in total. The zero-order valence-corrected chi connectivity index (χ0v) is 23.5. The predicted octanol–water partition coefficient (Wildman–Crippen LogP) is 3.58. The molecule has 0 radical (unpaired) electrons. The molecule has 2 aromatic rings. The highest BCUT2D eigenvalue weighted by Crippen LogP contribution is 2.62. The van der Waals surface area contributed by atoms with Crippen LogP contribution in [0.5, 0.6) is 5.75 Å². The van der Waals surface area contributed by atoms with Gasteiger partial charge in [-0.1, -0.05) is 32.0 Å². The topological polar surface area (TPSA) is 121 Å². The van der Waals surface area contributed by atoms with E-state index < -0.39 is 11.5 Å². The van der Waals surface area contributed by atoms with E-state index in [9.17, 15) is 19.8 Å². The Hall–Kier alpha value is -2.14. The molecule has 0 saturated heterocycles. The van der Waals surface area contributed by atoms with Gasteiger partial charge in [0.25, 0.3) is 0 Å². The monoisotopic (exact) mass is 547 g/mol. The standard InChI is InChI=1S/C27H37N3O5S2/c1-26-10-9-21(32)27(2,15-31)20(26)12-19-24(30-25(37-19)29-23(34)14-36-4)17(26)11-22(33)28-13-16-7-5-6-8-18(16)35-3/h5-8,17,20-21,31-32H,9-15H2,1-4H3,(H,28,33)(H,29,30,34)/t17-,20+,21-,26+,27+/m1/s1. The van der Waals surface area contributed by atoms with Crippen molar-refractivity contribution in [2.45, 2.75) is 58.1 Å². The van der Waals surface area contributed by atoms with E-state index in [0.717, 1.165) is 28.3 Å². The maximum absolute atomic E-state index is 13.3. The van der Waals surface area contributed by atoms with Crippen molar-refractivity contribution in [1.82, 2.24) is 10.3 Å². The lowest BCUT2D eigenvalue weighted by atomic mass is 9.47. The number of fused-ring (bicyclic) bond motifs is 2. The SMILES string of the molecule is COc1ccccc1CNC(=O)C[C@@H]1c2nc(NC(=O)CSC)sc2C[C@@H]2[C@](C)(CO)[C@H](O)CC[C@]21C. The summed E-state index contributed by atoms with van der Waals surface area (Å²) >= 11 is 2.88. The van der Waals surface area contributed by atoms with E-state index in [4.69, 9.17) is 9.72 Å². The third-order valence-electron chi connectivity index (χ3n) is 8.47. The van der Waals surface area contributed by atoms with Gasteiger partial charge in [-0.25, -0.2) is 4.98 Å². The van der Waals surface area contributed by atoms with Crippen LogP contribution in [0.4, 0.5) is 5.13 Å². The molecule has 202 valence electrons. The molecule has 2 aliphatic carbocycles. The Balaban J connectivity index is 1.64. The van der Waals surface area contributed by atoms with Crippen LogP contribution < -0.4 is 15.4 Å². The Morgan fingerprint density at radius 3 is 2.73 bits per heavy atom. The maximum Gasteiger partial charge on any atom is 0.236 e. The number of aliphatic hydroxyl groups excluding tert-OH is 2. The Bertz CT molecular complexity index is 1140. The molecule has 2 amide bonds. The Morgan fingerprint density at radius 1 is 1.27 bits per heavy atom. The highest BCUT2D eigenvalue weighted by atomic mass is 32.2. The molecular weight excluding hydrogens is 510 g/mol. The van der Waals surface area contributed by atoms with Crippen molar-refractivity contribution in [2.24, 2.45) is 16.7 Å². The third kappa shape index (κ3) is 5.39. The normalized spacial score (nSPS) is 28.6. The van der Waals surface area contributed by atoms with Gasteiger partial charge in [0.1, 0.15) is 5.75 Å². The van der Waals surface area contributed by atoms with Crippen LogP contribution in [-0.4, -0.2) is 58.8 Å². The number of aliphatic hydroxyl groups is 2. The molecule has 8 nitrogen and oxygen atoms in total. The second-order valence-electron chi connectivity index (χ2n) is 10.6. The first-order valence-corrected chi connectivity index (χ1v) is 14.8. The van der Waals surface area contributed by atoms with Crippen LogP contribution in [0, 0.1) is 16.7 Å². The fraction of sp³-hybridized carbons (Fsp3) is 0.593. The van der Waals surface area contributed by atoms with E-state index in [0.29, 0.717) is 30.3 Å². The Labute approximate surface area is 226 Å². The fourth-order valence-corrected chi connectivity index (χ4v) is 7.71. The summed E-state index contributed by atoms with van der Waals surface area (Å²) in [6.45, 7) is 4.34. The number of ether oxygens (including phenoxy) is 1. The minimum absolute atomic E-state index is 0.0385. The molecule has 1 aromatic carbocycles. The number of amides is 2. The molecular formula is C27H37N3O5S2. The van der Waals surface area contributed by atoms with Gasteiger partial charge in [0.15, 0.2) is 5.13 Å². The molecule has 0 unspecified atom stereocenters. The number of carbonyl (C=O) groups excluding carboxylic acids is 2. The largest absolute Gasteiger partial charge is 0.496 e. The zero-order chi connectivity index (χ0) is 26.8. The predicted molar refractivity (Wildman–Crippen MR) is 147 cm³/mol. The number of benzene rings is 1. The van der Waals surface area contributed by atoms with E-state index in [1.165, 1.54) is 23.1 Å². The van der Waals surface area contributed by atoms with E-state index >= 15 is 0 Å². The van der Waals surface area contributed by atoms with Crippen molar-refractivity contribution in [3.63, 3.8) is 0 Å². The van der Waals surface area contributed by atoms with Gasteiger partial charge in [-0.3, -0.25) is 9.59 Å². The minimum Gasteiger partial charge on any atom is -0.496 e. The summed E-state index contributed by atoms with van der Waals surface area (Å²) in [6, 6.07) is 7.59. The van der Waals surface area contributed by atoms with Crippen LogP contribution in [0.3, 0.4) is 0 Å². The number of methoxy groups -OCH3 is 1. The number of rotatable bonds is 9. The summed E-state index contributed by atoms with van der Waals surface area (Å²) < 4.78 is 5.41. The highest BCUT2D eigenvalue weighted by molar-refractivity contribution is 7.99. The first-order chi connectivity index (χ1) is 17.7. The van der Waals surface area contributed by atoms with E-state index in [2.05, 4.69) is 17.6 Å². The van der Waals surface area contributed by atoms with Crippen LogP contribution >= 0.6 is 23.1 Å². The molecule has 5 atom stereocenters. The van der Waals surface area contributed by atoms with Gasteiger partial charge in [-0.15, -0.1) is 11.3 Å². The lowest BCUT2D eigenvalue weighted by Crippen LogP contribution is -2.57. The first kappa shape index (κ1) is 27.9. The first-order valence-electron chi connectivity index (χ1n) is 12.6. The van der Waals surface area contributed by atoms with Gasteiger partial charge in [-0.2, -0.15) is 11.8 Å². The molecule has 1 heterocycles. The Morgan fingerprint density at radius 2 is 2.03 bits per heavy atom. The molecule has 0 bridgehead atoms. The van der Waals surface area contributed by atoms with Crippen molar-refractivity contribution in [2.75, 3.05) is 31.0 Å². The number of carbonyl (C=O) groups is 2. The van der Waals surface area contributed by atoms with Crippen LogP contribution in [0.15, 0.2) is 24.3 Å². The summed E-state index contributed by atoms with van der Waals surface area (Å²) in [7, 11) is 1.61.